The summed E-state index contributed by atoms with van der Waals surface area (Å²) in [5, 5.41) is 33.1. The minimum Gasteiger partial charge on any atom is -0.387 e. The van der Waals surface area contributed by atoms with Crippen LogP contribution < -0.4 is 5.32 Å². The molecular formula is C17H19N5O5. The van der Waals surface area contributed by atoms with Gasteiger partial charge in [-0.2, -0.15) is 0 Å². The van der Waals surface area contributed by atoms with Gasteiger partial charge in [0.05, 0.1) is 6.33 Å². The van der Waals surface area contributed by atoms with E-state index in [1.807, 2.05) is 0 Å². The molecule has 0 aliphatic carbocycles. The second kappa shape index (κ2) is 7.42. The third kappa shape index (κ3) is 3.41. The van der Waals surface area contributed by atoms with E-state index >= 15 is 0 Å². The minimum atomic E-state index is -1.35. The fourth-order valence-corrected chi connectivity index (χ4v) is 2.75. The van der Waals surface area contributed by atoms with E-state index in [2.05, 4.69) is 38.7 Å². The lowest BCUT2D eigenvalue weighted by Gasteiger charge is -2.17. The van der Waals surface area contributed by atoms with E-state index in [0.29, 0.717) is 5.57 Å². The number of ether oxygens (including phenoxy) is 1. The van der Waals surface area contributed by atoms with Crippen molar-refractivity contribution in [3.05, 3.63) is 24.8 Å². The van der Waals surface area contributed by atoms with Crippen molar-refractivity contribution < 1.29 is 24.9 Å². The molecule has 10 heteroatoms. The van der Waals surface area contributed by atoms with Crippen LogP contribution in [0.15, 0.2) is 24.8 Å². The molecule has 2 aromatic rings. The van der Waals surface area contributed by atoms with Gasteiger partial charge in [-0.3, -0.25) is 9.36 Å². The molecule has 0 bridgehead atoms. The van der Waals surface area contributed by atoms with E-state index in [1.165, 1.54) is 17.2 Å². The number of amides is 1. The van der Waals surface area contributed by atoms with Crippen molar-refractivity contribution in [2.45, 2.75) is 44.5 Å². The van der Waals surface area contributed by atoms with Crippen LogP contribution in [0.25, 0.3) is 11.2 Å². The number of hydrogen-bond acceptors (Lipinski definition) is 8. The van der Waals surface area contributed by atoms with Gasteiger partial charge in [0.25, 0.3) is 5.91 Å². The topological polar surface area (TPSA) is 143 Å². The quantitative estimate of drug-likeness (QED) is 0.409. The zero-order valence-corrected chi connectivity index (χ0v) is 14.7. The number of carbonyl (C=O) groups is 1. The van der Waals surface area contributed by atoms with Crippen LogP contribution in [-0.2, 0) is 9.53 Å². The lowest BCUT2D eigenvalue weighted by molar-refractivity contribution is -0.112. The molecule has 4 N–H and O–H groups in total. The normalized spacial score (nSPS) is 25.7. The van der Waals surface area contributed by atoms with Crippen LogP contribution in [0.3, 0.4) is 0 Å². The van der Waals surface area contributed by atoms with Gasteiger partial charge in [-0.15, -0.1) is 5.92 Å². The third-order valence-electron chi connectivity index (χ3n) is 4.13. The molecular weight excluding hydrogens is 354 g/mol. The third-order valence-corrected chi connectivity index (χ3v) is 4.13. The number of anilines is 1. The number of nitrogens with zero attached hydrogens (tertiary/aromatic N) is 4. The second-order valence-corrected chi connectivity index (χ2v) is 6.09. The minimum absolute atomic E-state index is 0.174. The highest BCUT2D eigenvalue weighted by Gasteiger charge is 2.47. The number of fused-ring (bicyclic) bond motifs is 1. The van der Waals surface area contributed by atoms with Crippen LogP contribution in [0.4, 0.5) is 5.82 Å². The number of aliphatic hydroxyl groups is 3. The molecule has 3 heterocycles. The lowest BCUT2D eigenvalue weighted by atomic mass is 10.1. The van der Waals surface area contributed by atoms with Crippen LogP contribution in [-0.4, -0.2) is 65.2 Å². The molecule has 10 nitrogen and oxygen atoms in total. The molecule has 5 atom stereocenters. The number of hydrogen-bond donors (Lipinski definition) is 4. The maximum atomic E-state index is 11.8. The average molecular weight is 373 g/mol. The van der Waals surface area contributed by atoms with Gasteiger partial charge in [0.1, 0.15) is 30.7 Å². The summed E-state index contributed by atoms with van der Waals surface area (Å²) in [6.45, 7) is 6.66. The number of aromatic nitrogens is 4. The molecule has 1 aliphatic heterocycles. The Kier molecular flexibility index (Phi) is 5.20. The highest BCUT2D eigenvalue weighted by atomic mass is 16.6. The molecule has 1 amide bonds. The van der Waals surface area contributed by atoms with Crippen molar-refractivity contribution in [1.82, 2.24) is 19.5 Å². The highest BCUT2D eigenvalue weighted by Crippen LogP contribution is 2.33. The van der Waals surface area contributed by atoms with Gasteiger partial charge in [-0.25, -0.2) is 15.0 Å². The van der Waals surface area contributed by atoms with Crippen molar-refractivity contribution in [3.63, 3.8) is 0 Å². The number of imidazole rings is 1. The van der Waals surface area contributed by atoms with Gasteiger partial charge in [-0.05, 0) is 13.8 Å². The average Bonchev–Trinajstić information content (AvgIpc) is 3.18. The molecule has 0 saturated carbocycles. The fraction of sp³-hybridized carbons (Fsp3) is 0.412. The number of rotatable bonds is 4. The molecule has 3 rings (SSSR count). The summed E-state index contributed by atoms with van der Waals surface area (Å²) in [6, 6.07) is 0. The molecule has 1 fully saturated rings. The van der Waals surface area contributed by atoms with Crippen molar-refractivity contribution in [2.24, 2.45) is 0 Å². The Morgan fingerprint density at radius 1 is 1.37 bits per heavy atom. The van der Waals surface area contributed by atoms with Crippen LogP contribution in [0, 0.1) is 11.8 Å². The molecule has 0 aromatic carbocycles. The first kappa shape index (κ1) is 18.9. The van der Waals surface area contributed by atoms with Crippen molar-refractivity contribution in [2.75, 3.05) is 5.32 Å². The summed E-state index contributed by atoms with van der Waals surface area (Å²) >= 11 is 0. The Balaban J connectivity index is 1.94. The van der Waals surface area contributed by atoms with E-state index in [0.717, 1.165) is 0 Å². The van der Waals surface area contributed by atoms with E-state index in [-0.39, 0.29) is 17.0 Å². The summed E-state index contributed by atoms with van der Waals surface area (Å²) in [5.41, 5.74) is 0.845. The van der Waals surface area contributed by atoms with Gasteiger partial charge in [-0.1, -0.05) is 12.5 Å². The van der Waals surface area contributed by atoms with Crippen molar-refractivity contribution in [3.8, 4) is 11.8 Å². The van der Waals surface area contributed by atoms with Crippen LogP contribution in [0.5, 0.6) is 0 Å². The maximum absolute atomic E-state index is 11.8. The van der Waals surface area contributed by atoms with Crippen molar-refractivity contribution >= 4 is 22.9 Å². The molecule has 2 aromatic heterocycles. The number of carbonyl (C=O) groups excluding carboxylic acids is 1. The van der Waals surface area contributed by atoms with Crippen LogP contribution in [0.1, 0.15) is 20.1 Å². The predicted molar refractivity (Wildman–Crippen MR) is 94.1 cm³/mol. The number of aliphatic hydroxyl groups excluding tert-OH is 3. The molecule has 0 radical (unpaired) electrons. The first-order valence-corrected chi connectivity index (χ1v) is 8.11. The van der Waals surface area contributed by atoms with Gasteiger partial charge in [0.15, 0.2) is 23.2 Å². The molecule has 27 heavy (non-hydrogen) atoms. The predicted octanol–water partition coefficient (Wildman–Crippen LogP) is -0.656. The van der Waals surface area contributed by atoms with Crippen molar-refractivity contribution in [1.29, 1.82) is 0 Å². The summed E-state index contributed by atoms with van der Waals surface area (Å²) in [5.74, 6) is 4.78. The van der Waals surface area contributed by atoms with E-state index in [4.69, 9.17) is 4.74 Å². The smallest absolute Gasteiger partial charge is 0.251 e. The SMILES string of the molecule is C=C(C)C(=O)Nc1ncnc2c1ncn2[C@@H]1O[C@H]([C@H](O)C#CC)[C@@H](O)[C@H]1O. The first-order chi connectivity index (χ1) is 12.8. The monoisotopic (exact) mass is 373 g/mol. The largest absolute Gasteiger partial charge is 0.387 e. The lowest BCUT2D eigenvalue weighted by Crippen LogP contribution is -2.38. The standard InChI is InChI=1S/C17H19N5O5/c1-4-5-9(23)13-11(24)12(25)17(27-13)22-7-20-10-14(18-6-19-15(10)22)21-16(26)8(2)3/h6-7,9,11-13,17,23-25H,2H2,1,3H3,(H,18,19,21,26)/t9-,11+,12-,13-,17-/m1/s1. The number of nitrogens with one attached hydrogen (secondary N) is 1. The molecule has 142 valence electrons. The Bertz CT molecular complexity index is 946. The summed E-state index contributed by atoms with van der Waals surface area (Å²) in [4.78, 5) is 24.1. The van der Waals surface area contributed by atoms with Gasteiger partial charge in [0.2, 0.25) is 0 Å². The Morgan fingerprint density at radius 3 is 2.78 bits per heavy atom. The van der Waals surface area contributed by atoms with E-state index in [1.54, 1.807) is 13.8 Å². The Labute approximate surface area is 154 Å². The van der Waals surface area contributed by atoms with Gasteiger partial charge >= 0.3 is 0 Å². The van der Waals surface area contributed by atoms with Gasteiger partial charge < -0.3 is 25.4 Å². The maximum Gasteiger partial charge on any atom is 0.251 e. The Morgan fingerprint density at radius 2 is 2.11 bits per heavy atom. The molecule has 1 aliphatic rings. The first-order valence-electron chi connectivity index (χ1n) is 8.11. The van der Waals surface area contributed by atoms with Crippen LogP contribution >= 0.6 is 0 Å². The van der Waals surface area contributed by atoms with E-state index in [9.17, 15) is 20.1 Å². The summed E-state index contributed by atoms with van der Waals surface area (Å²) in [6.07, 6.45) is -3.55. The summed E-state index contributed by atoms with van der Waals surface area (Å²) in [7, 11) is 0. The van der Waals surface area contributed by atoms with Gasteiger partial charge in [0, 0.05) is 5.57 Å². The zero-order valence-electron chi connectivity index (χ0n) is 14.7. The fourth-order valence-electron chi connectivity index (χ4n) is 2.75. The highest BCUT2D eigenvalue weighted by molar-refractivity contribution is 6.05. The summed E-state index contributed by atoms with van der Waals surface area (Å²) < 4.78 is 7.02. The molecule has 0 unspecified atom stereocenters. The molecule has 1 saturated heterocycles. The molecule has 0 spiro atoms. The zero-order chi connectivity index (χ0) is 19.7. The van der Waals surface area contributed by atoms with E-state index < -0.39 is 36.6 Å². The Hall–Kier alpha value is -2.84. The second-order valence-electron chi connectivity index (χ2n) is 6.09. The van der Waals surface area contributed by atoms with Crippen LogP contribution in [0.2, 0.25) is 0 Å².